The minimum Gasteiger partial charge on any atom is -0.396 e. The van der Waals surface area contributed by atoms with E-state index in [9.17, 15) is 14.4 Å². The summed E-state index contributed by atoms with van der Waals surface area (Å²) in [5.41, 5.74) is -1.73. The van der Waals surface area contributed by atoms with Gasteiger partial charge in [0.1, 0.15) is 11.6 Å². The largest absolute Gasteiger partial charge is 0.396 e. The van der Waals surface area contributed by atoms with Crippen molar-refractivity contribution in [1.82, 2.24) is 15.5 Å². The van der Waals surface area contributed by atoms with E-state index < -0.39 is 29.1 Å². The normalized spacial score (nSPS) is 37.0. The number of hydrogen-bond donors (Lipinski definition) is 3. The Balaban J connectivity index is 1.95. The summed E-state index contributed by atoms with van der Waals surface area (Å²) in [6.45, 7) is 8.36. The number of aliphatic hydroxyl groups excluding tert-OH is 1. The van der Waals surface area contributed by atoms with Crippen LogP contribution in [0.5, 0.6) is 0 Å². The molecule has 0 aliphatic carbocycles. The number of aliphatic hydroxyl groups is 1. The van der Waals surface area contributed by atoms with Gasteiger partial charge in [-0.05, 0) is 46.0 Å². The maximum atomic E-state index is 13.6. The Kier molecular flexibility index (Phi) is 6.49. The molecule has 3 fully saturated rings. The molecule has 0 aromatic heterocycles. The van der Waals surface area contributed by atoms with Crippen molar-refractivity contribution < 1.29 is 24.2 Å². The van der Waals surface area contributed by atoms with Crippen LogP contribution in [0.1, 0.15) is 59.8 Å². The SMILES string of the molecule is CNC(=O)[C@H]1[C@H]2C(=O)N(CCCCCCO)C(C(=O)NC(C)C)C23CC(C)[C@]1(C)O3. The van der Waals surface area contributed by atoms with Crippen molar-refractivity contribution >= 4 is 17.7 Å². The predicted molar refractivity (Wildman–Crippen MR) is 111 cm³/mol. The predicted octanol–water partition coefficient (Wildman–Crippen LogP) is 0.820. The van der Waals surface area contributed by atoms with E-state index >= 15 is 0 Å². The van der Waals surface area contributed by atoms with Gasteiger partial charge in [-0.2, -0.15) is 0 Å². The number of ether oxygens (including phenoxy) is 1. The third-order valence-corrected chi connectivity index (χ3v) is 7.33. The third kappa shape index (κ3) is 3.42. The van der Waals surface area contributed by atoms with Gasteiger partial charge in [0.05, 0.1) is 17.4 Å². The molecule has 0 aromatic carbocycles. The van der Waals surface area contributed by atoms with Gasteiger partial charge in [0.2, 0.25) is 17.7 Å². The number of carbonyl (C=O) groups is 3. The Hall–Kier alpha value is -1.67. The van der Waals surface area contributed by atoms with E-state index in [2.05, 4.69) is 10.6 Å². The lowest BCUT2D eigenvalue weighted by molar-refractivity contribution is -0.147. The lowest BCUT2D eigenvalue weighted by Crippen LogP contribution is -2.56. The Labute approximate surface area is 179 Å². The van der Waals surface area contributed by atoms with Gasteiger partial charge in [0.15, 0.2) is 0 Å². The number of hydrogen-bond acceptors (Lipinski definition) is 5. The van der Waals surface area contributed by atoms with Gasteiger partial charge in [-0.15, -0.1) is 0 Å². The minimum absolute atomic E-state index is 0.0581. The van der Waals surface area contributed by atoms with Gasteiger partial charge in [0.25, 0.3) is 0 Å². The number of nitrogens with zero attached hydrogens (tertiary/aromatic N) is 1. The molecule has 8 heteroatoms. The standard InChI is InChI=1S/C22H37N3O5/c1-13(2)24-19(28)17-22-12-14(3)21(4,30-22)15(18(27)23-5)16(22)20(29)25(17)10-8-6-7-9-11-26/h13-17,26H,6-12H2,1-5H3,(H,23,27)(H,24,28)/t14?,15-,16+,17?,21+,22?/m1/s1. The first kappa shape index (κ1) is 23.0. The molecule has 3 rings (SSSR count). The van der Waals surface area contributed by atoms with Crippen molar-refractivity contribution in [3.63, 3.8) is 0 Å². The highest BCUT2D eigenvalue weighted by atomic mass is 16.5. The van der Waals surface area contributed by atoms with Gasteiger partial charge in [-0.25, -0.2) is 0 Å². The molecule has 3 aliphatic rings. The molecule has 1 spiro atoms. The van der Waals surface area contributed by atoms with Crippen molar-refractivity contribution in [2.75, 3.05) is 20.2 Å². The molecule has 170 valence electrons. The molecule has 30 heavy (non-hydrogen) atoms. The van der Waals surface area contributed by atoms with Crippen LogP contribution in [0.3, 0.4) is 0 Å². The molecule has 3 saturated heterocycles. The van der Waals surface area contributed by atoms with Crippen LogP contribution in [-0.2, 0) is 19.1 Å². The maximum Gasteiger partial charge on any atom is 0.246 e. The molecule has 0 aromatic rings. The first-order chi connectivity index (χ1) is 14.1. The molecule has 8 nitrogen and oxygen atoms in total. The van der Waals surface area contributed by atoms with E-state index in [4.69, 9.17) is 9.84 Å². The summed E-state index contributed by atoms with van der Waals surface area (Å²) in [5.74, 6) is -1.73. The summed E-state index contributed by atoms with van der Waals surface area (Å²) < 4.78 is 6.56. The molecular weight excluding hydrogens is 386 g/mol. The average molecular weight is 424 g/mol. The molecule has 0 radical (unpaired) electrons. The lowest BCUT2D eigenvalue weighted by atomic mass is 9.62. The molecular formula is C22H37N3O5. The fraction of sp³-hybridized carbons (Fsp3) is 0.864. The van der Waals surface area contributed by atoms with Crippen LogP contribution in [0.25, 0.3) is 0 Å². The van der Waals surface area contributed by atoms with Crippen LogP contribution in [0.15, 0.2) is 0 Å². The zero-order valence-corrected chi connectivity index (χ0v) is 18.9. The second kappa shape index (κ2) is 8.46. The molecule has 2 bridgehead atoms. The zero-order chi connectivity index (χ0) is 22.3. The van der Waals surface area contributed by atoms with Crippen molar-refractivity contribution in [3.8, 4) is 0 Å². The molecule has 3 aliphatic heterocycles. The number of nitrogens with one attached hydrogen (secondary N) is 2. The van der Waals surface area contributed by atoms with Crippen molar-refractivity contribution in [3.05, 3.63) is 0 Å². The van der Waals surface area contributed by atoms with Crippen LogP contribution < -0.4 is 10.6 Å². The summed E-state index contributed by atoms with van der Waals surface area (Å²) >= 11 is 0. The summed E-state index contributed by atoms with van der Waals surface area (Å²) in [4.78, 5) is 41.4. The van der Waals surface area contributed by atoms with Gasteiger partial charge in [-0.3, -0.25) is 14.4 Å². The van der Waals surface area contributed by atoms with Crippen LogP contribution in [0.2, 0.25) is 0 Å². The molecule has 6 atom stereocenters. The first-order valence-corrected chi connectivity index (χ1v) is 11.3. The highest BCUT2D eigenvalue weighted by Gasteiger charge is 2.79. The quantitative estimate of drug-likeness (QED) is 0.476. The van der Waals surface area contributed by atoms with Crippen molar-refractivity contribution in [2.45, 2.75) is 83.1 Å². The maximum absolute atomic E-state index is 13.6. The topological polar surface area (TPSA) is 108 Å². The van der Waals surface area contributed by atoms with E-state index in [1.165, 1.54) is 0 Å². The van der Waals surface area contributed by atoms with Crippen LogP contribution >= 0.6 is 0 Å². The fourth-order valence-electron chi connectivity index (χ4n) is 5.95. The minimum atomic E-state index is -0.966. The number of rotatable bonds is 9. The zero-order valence-electron chi connectivity index (χ0n) is 18.9. The van der Waals surface area contributed by atoms with Crippen molar-refractivity contribution in [1.29, 1.82) is 0 Å². The number of likely N-dealkylation sites (tertiary alicyclic amines) is 1. The highest BCUT2D eigenvalue weighted by molar-refractivity contribution is 5.99. The van der Waals surface area contributed by atoms with Crippen LogP contribution in [0.4, 0.5) is 0 Å². The number of unbranched alkanes of at least 4 members (excludes halogenated alkanes) is 3. The van der Waals surface area contributed by atoms with E-state index in [1.807, 2.05) is 27.7 Å². The van der Waals surface area contributed by atoms with Gasteiger partial charge >= 0.3 is 0 Å². The Morgan fingerprint density at radius 1 is 1.23 bits per heavy atom. The molecule has 3 unspecified atom stereocenters. The second-order valence-electron chi connectivity index (χ2n) is 9.65. The molecule has 3 amide bonds. The van der Waals surface area contributed by atoms with E-state index in [-0.39, 0.29) is 36.3 Å². The second-order valence-corrected chi connectivity index (χ2v) is 9.65. The molecule has 0 saturated carbocycles. The highest BCUT2D eigenvalue weighted by Crippen LogP contribution is 2.65. The molecule has 3 heterocycles. The van der Waals surface area contributed by atoms with Gasteiger partial charge in [0, 0.05) is 26.2 Å². The summed E-state index contributed by atoms with van der Waals surface area (Å²) in [5, 5.41) is 14.7. The number of fused-ring (bicyclic) bond motifs is 1. The Morgan fingerprint density at radius 3 is 2.50 bits per heavy atom. The third-order valence-electron chi connectivity index (χ3n) is 7.33. The summed E-state index contributed by atoms with van der Waals surface area (Å²) in [6, 6.07) is -0.787. The van der Waals surface area contributed by atoms with Crippen molar-refractivity contribution in [2.24, 2.45) is 17.8 Å². The van der Waals surface area contributed by atoms with E-state index in [0.29, 0.717) is 13.0 Å². The summed E-state index contributed by atoms with van der Waals surface area (Å²) in [6.07, 6.45) is 3.81. The van der Waals surface area contributed by atoms with E-state index in [1.54, 1.807) is 11.9 Å². The molecule has 3 N–H and O–H groups in total. The van der Waals surface area contributed by atoms with Crippen LogP contribution in [-0.4, -0.2) is 71.2 Å². The number of carbonyl (C=O) groups excluding carboxylic acids is 3. The Morgan fingerprint density at radius 2 is 1.90 bits per heavy atom. The first-order valence-electron chi connectivity index (χ1n) is 11.3. The number of amides is 3. The monoisotopic (exact) mass is 423 g/mol. The van der Waals surface area contributed by atoms with Gasteiger partial charge < -0.3 is 25.4 Å². The summed E-state index contributed by atoms with van der Waals surface area (Å²) in [7, 11) is 1.58. The lowest BCUT2D eigenvalue weighted by Gasteiger charge is -2.36. The Bertz CT molecular complexity index is 698. The average Bonchev–Trinajstić information content (AvgIpc) is 3.18. The fourth-order valence-corrected chi connectivity index (χ4v) is 5.95. The van der Waals surface area contributed by atoms with Crippen LogP contribution in [0, 0.1) is 17.8 Å². The van der Waals surface area contributed by atoms with E-state index in [0.717, 1.165) is 25.7 Å². The smallest absolute Gasteiger partial charge is 0.246 e. The van der Waals surface area contributed by atoms with Gasteiger partial charge in [-0.1, -0.05) is 19.8 Å².